The zero-order chi connectivity index (χ0) is 17.6. The number of furan rings is 1. The Morgan fingerprint density at radius 2 is 2.12 bits per heavy atom. The number of aliphatic hydroxyl groups is 1. The highest BCUT2D eigenvalue weighted by atomic mass is 35.5. The van der Waals surface area contributed by atoms with Crippen LogP contribution in [0.2, 0.25) is 5.15 Å². The molecule has 0 saturated heterocycles. The second-order valence-electron chi connectivity index (χ2n) is 5.72. The average molecular weight is 351 g/mol. The minimum atomic E-state index is -1.13. The van der Waals surface area contributed by atoms with E-state index in [0.29, 0.717) is 30.0 Å². The molecule has 0 saturated carbocycles. The molecule has 0 aliphatic rings. The SMILES string of the molecule is CCNC(=NCc1ccc(Cl)nc1)NCC(C)(O)c1ccc(C)o1. The summed E-state index contributed by atoms with van der Waals surface area (Å²) in [6, 6.07) is 7.22. The Kier molecular flexibility index (Phi) is 6.23. The van der Waals surface area contributed by atoms with E-state index in [2.05, 4.69) is 20.6 Å². The molecule has 0 amide bonds. The van der Waals surface area contributed by atoms with E-state index in [9.17, 15) is 5.11 Å². The number of hydrogen-bond donors (Lipinski definition) is 3. The highest BCUT2D eigenvalue weighted by Crippen LogP contribution is 2.21. The van der Waals surface area contributed by atoms with Gasteiger partial charge < -0.3 is 20.2 Å². The molecular formula is C17H23ClN4O2. The highest BCUT2D eigenvalue weighted by molar-refractivity contribution is 6.29. The maximum absolute atomic E-state index is 10.6. The molecule has 0 spiro atoms. The van der Waals surface area contributed by atoms with Crippen LogP contribution in [0.3, 0.4) is 0 Å². The molecule has 0 aliphatic carbocycles. The van der Waals surface area contributed by atoms with E-state index >= 15 is 0 Å². The summed E-state index contributed by atoms with van der Waals surface area (Å²) in [5.74, 6) is 1.89. The van der Waals surface area contributed by atoms with E-state index in [0.717, 1.165) is 11.3 Å². The van der Waals surface area contributed by atoms with Crippen molar-refractivity contribution in [2.75, 3.05) is 13.1 Å². The largest absolute Gasteiger partial charge is 0.463 e. The molecule has 0 radical (unpaired) electrons. The van der Waals surface area contributed by atoms with Gasteiger partial charge in [-0.05, 0) is 44.5 Å². The van der Waals surface area contributed by atoms with Crippen molar-refractivity contribution in [1.82, 2.24) is 15.6 Å². The molecule has 2 aromatic heterocycles. The molecule has 1 unspecified atom stereocenters. The molecule has 0 fully saturated rings. The fourth-order valence-electron chi connectivity index (χ4n) is 2.08. The van der Waals surface area contributed by atoms with Crippen molar-refractivity contribution in [2.24, 2.45) is 4.99 Å². The third-order valence-corrected chi connectivity index (χ3v) is 3.65. The predicted octanol–water partition coefficient (Wildman–Crippen LogP) is 2.60. The van der Waals surface area contributed by atoms with Gasteiger partial charge in [0.1, 0.15) is 22.3 Å². The Bertz CT molecular complexity index is 680. The lowest BCUT2D eigenvalue weighted by molar-refractivity contribution is 0.0378. The van der Waals surface area contributed by atoms with Crippen molar-refractivity contribution < 1.29 is 9.52 Å². The van der Waals surface area contributed by atoms with Gasteiger partial charge in [-0.1, -0.05) is 17.7 Å². The first kappa shape index (κ1) is 18.3. The summed E-state index contributed by atoms with van der Waals surface area (Å²) < 4.78 is 5.51. The van der Waals surface area contributed by atoms with Gasteiger partial charge in [-0.15, -0.1) is 0 Å². The van der Waals surface area contributed by atoms with Gasteiger partial charge in [0, 0.05) is 12.7 Å². The number of halogens is 1. The molecule has 130 valence electrons. The van der Waals surface area contributed by atoms with Gasteiger partial charge in [0.05, 0.1) is 13.1 Å². The Morgan fingerprint density at radius 1 is 1.33 bits per heavy atom. The first-order valence-electron chi connectivity index (χ1n) is 7.82. The van der Waals surface area contributed by atoms with Crippen LogP contribution in [-0.2, 0) is 12.1 Å². The van der Waals surface area contributed by atoms with Crippen LogP contribution in [0.25, 0.3) is 0 Å². The first-order valence-corrected chi connectivity index (χ1v) is 8.20. The van der Waals surface area contributed by atoms with Crippen LogP contribution >= 0.6 is 11.6 Å². The Morgan fingerprint density at radius 3 is 2.71 bits per heavy atom. The number of rotatable bonds is 6. The van der Waals surface area contributed by atoms with Crippen molar-refractivity contribution in [3.05, 3.63) is 52.7 Å². The molecule has 2 heterocycles. The van der Waals surface area contributed by atoms with Crippen LogP contribution in [0.15, 0.2) is 39.9 Å². The normalized spacial score (nSPS) is 14.3. The lowest BCUT2D eigenvalue weighted by Crippen LogP contribution is -2.44. The fraction of sp³-hybridized carbons (Fsp3) is 0.412. The van der Waals surface area contributed by atoms with Gasteiger partial charge in [-0.25, -0.2) is 9.98 Å². The molecule has 0 aromatic carbocycles. The summed E-state index contributed by atoms with van der Waals surface area (Å²) in [5, 5.41) is 17.3. The molecule has 0 aliphatic heterocycles. The smallest absolute Gasteiger partial charge is 0.191 e. The van der Waals surface area contributed by atoms with Crippen molar-refractivity contribution in [3.63, 3.8) is 0 Å². The van der Waals surface area contributed by atoms with Crippen molar-refractivity contribution >= 4 is 17.6 Å². The summed E-state index contributed by atoms with van der Waals surface area (Å²) >= 11 is 5.78. The summed E-state index contributed by atoms with van der Waals surface area (Å²) in [5.41, 5.74) is -0.184. The van der Waals surface area contributed by atoms with E-state index in [1.165, 1.54) is 0 Å². The number of nitrogens with zero attached hydrogens (tertiary/aromatic N) is 2. The third-order valence-electron chi connectivity index (χ3n) is 3.42. The molecule has 2 rings (SSSR count). The lowest BCUT2D eigenvalue weighted by atomic mass is 10.0. The zero-order valence-corrected chi connectivity index (χ0v) is 14.9. The highest BCUT2D eigenvalue weighted by Gasteiger charge is 2.27. The van der Waals surface area contributed by atoms with E-state index in [4.69, 9.17) is 16.0 Å². The molecule has 6 nitrogen and oxygen atoms in total. The summed E-state index contributed by atoms with van der Waals surface area (Å²) in [4.78, 5) is 8.52. The van der Waals surface area contributed by atoms with Gasteiger partial charge in [0.2, 0.25) is 0 Å². The maximum atomic E-state index is 10.6. The van der Waals surface area contributed by atoms with E-state index in [-0.39, 0.29) is 6.54 Å². The standard InChI is InChI=1S/C17H23ClN4O2/c1-4-19-16(21-10-13-6-8-15(18)20-9-13)22-11-17(3,23)14-7-5-12(2)24-14/h5-9,23H,4,10-11H2,1-3H3,(H2,19,21,22). The molecule has 0 bridgehead atoms. The van der Waals surface area contributed by atoms with Crippen LogP contribution in [0.5, 0.6) is 0 Å². The number of aliphatic imine (C=N–C) groups is 1. The molecule has 1 atom stereocenters. The summed E-state index contributed by atoms with van der Waals surface area (Å²) in [6.07, 6.45) is 1.69. The average Bonchev–Trinajstić information content (AvgIpc) is 2.99. The zero-order valence-electron chi connectivity index (χ0n) is 14.1. The topological polar surface area (TPSA) is 82.7 Å². The van der Waals surface area contributed by atoms with Crippen LogP contribution in [0, 0.1) is 6.92 Å². The predicted molar refractivity (Wildman–Crippen MR) is 95.1 cm³/mol. The van der Waals surface area contributed by atoms with Crippen LogP contribution in [-0.4, -0.2) is 29.1 Å². The quantitative estimate of drug-likeness (QED) is 0.424. The molecule has 7 heteroatoms. The number of guanidine groups is 1. The van der Waals surface area contributed by atoms with Gasteiger partial charge in [0.15, 0.2) is 5.96 Å². The number of pyridine rings is 1. The molecule has 2 aromatic rings. The molecular weight excluding hydrogens is 328 g/mol. The van der Waals surface area contributed by atoms with E-state index in [1.54, 1.807) is 25.3 Å². The van der Waals surface area contributed by atoms with Crippen molar-refractivity contribution in [3.8, 4) is 0 Å². The Labute approximate surface area is 147 Å². The third kappa shape index (κ3) is 5.25. The van der Waals surface area contributed by atoms with Crippen molar-refractivity contribution in [1.29, 1.82) is 0 Å². The van der Waals surface area contributed by atoms with E-state index < -0.39 is 5.60 Å². The minimum Gasteiger partial charge on any atom is -0.463 e. The Balaban J connectivity index is 1.99. The van der Waals surface area contributed by atoms with Gasteiger partial charge in [0.25, 0.3) is 0 Å². The lowest BCUT2D eigenvalue weighted by Gasteiger charge is -2.22. The number of nitrogens with one attached hydrogen (secondary N) is 2. The monoisotopic (exact) mass is 350 g/mol. The maximum Gasteiger partial charge on any atom is 0.191 e. The number of hydrogen-bond acceptors (Lipinski definition) is 4. The molecule has 24 heavy (non-hydrogen) atoms. The molecule has 3 N–H and O–H groups in total. The van der Waals surface area contributed by atoms with Crippen molar-refractivity contribution in [2.45, 2.75) is 32.9 Å². The second kappa shape index (κ2) is 8.17. The van der Waals surface area contributed by atoms with E-state index in [1.807, 2.05) is 26.0 Å². The van der Waals surface area contributed by atoms with Crippen LogP contribution in [0.4, 0.5) is 0 Å². The first-order chi connectivity index (χ1) is 11.4. The van der Waals surface area contributed by atoms with Gasteiger partial charge >= 0.3 is 0 Å². The van der Waals surface area contributed by atoms with Gasteiger partial charge in [-0.3, -0.25) is 0 Å². The van der Waals surface area contributed by atoms with Gasteiger partial charge in [-0.2, -0.15) is 0 Å². The van der Waals surface area contributed by atoms with Crippen LogP contribution in [0.1, 0.15) is 30.9 Å². The van der Waals surface area contributed by atoms with Crippen LogP contribution < -0.4 is 10.6 Å². The number of aromatic nitrogens is 1. The minimum absolute atomic E-state index is 0.269. The Hall–Kier alpha value is -2.05. The fourth-order valence-corrected chi connectivity index (χ4v) is 2.19. The second-order valence-corrected chi connectivity index (χ2v) is 6.11. The summed E-state index contributed by atoms with van der Waals surface area (Å²) in [6.45, 7) is 6.97. The number of aryl methyl sites for hydroxylation is 1. The summed E-state index contributed by atoms with van der Waals surface area (Å²) in [7, 11) is 0.